The van der Waals surface area contributed by atoms with Crippen LogP contribution in [-0.2, 0) is 6.61 Å². The Hall–Kier alpha value is -2.43. The van der Waals surface area contributed by atoms with E-state index < -0.39 is 0 Å². The summed E-state index contributed by atoms with van der Waals surface area (Å²) in [6.07, 6.45) is 3.50. The molecule has 5 heteroatoms. The molecule has 4 nitrogen and oxygen atoms in total. The number of carbonyl (C=O) groups excluding carboxylic acids is 1. The van der Waals surface area contributed by atoms with Gasteiger partial charge in [0.05, 0.1) is 5.56 Å². The van der Waals surface area contributed by atoms with Gasteiger partial charge < -0.3 is 10.1 Å². The smallest absolute Gasteiger partial charge is 0.253 e. The maximum atomic E-state index is 13.1. The third-order valence-corrected chi connectivity index (χ3v) is 4.21. The number of aromatic nitrogens is 1. The number of hydrogen-bond donors (Lipinski definition) is 1. The van der Waals surface area contributed by atoms with E-state index >= 15 is 0 Å². The molecule has 1 aromatic heterocycles. The third kappa shape index (κ3) is 4.10. The lowest BCUT2D eigenvalue weighted by atomic mass is 9.68. The minimum Gasteiger partial charge on any atom is -0.473 e. The molecule has 0 saturated heterocycles. The molecule has 0 bridgehead atoms. The number of pyridine rings is 1. The maximum absolute atomic E-state index is 13.1. The van der Waals surface area contributed by atoms with Crippen LogP contribution in [0, 0.1) is 11.2 Å². The van der Waals surface area contributed by atoms with Crippen molar-refractivity contribution in [3.8, 4) is 5.88 Å². The highest BCUT2D eigenvalue weighted by Gasteiger charge is 2.36. The van der Waals surface area contributed by atoms with Crippen LogP contribution in [0.4, 0.5) is 4.39 Å². The van der Waals surface area contributed by atoms with Crippen molar-refractivity contribution in [1.82, 2.24) is 10.3 Å². The number of hydrogen-bond acceptors (Lipinski definition) is 3. The van der Waals surface area contributed by atoms with Crippen LogP contribution in [0.1, 0.15) is 42.6 Å². The molecule has 0 unspecified atom stereocenters. The van der Waals surface area contributed by atoms with Crippen molar-refractivity contribution < 1.29 is 13.9 Å². The van der Waals surface area contributed by atoms with Crippen LogP contribution in [0.3, 0.4) is 0 Å². The molecule has 0 radical (unpaired) electrons. The second-order valence-electron chi connectivity index (χ2n) is 7.05. The number of nitrogens with zero attached hydrogens (tertiary/aromatic N) is 1. The van der Waals surface area contributed by atoms with Crippen molar-refractivity contribution in [2.45, 2.75) is 39.3 Å². The van der Waals surface area contributed by atoms with Gasteiger partial charge in [-0.3, -0.25) is 4.79 Å². The Balaban J connectivity index is 1.52. The first-order chi connectivity index (χ1) is 11.4. The molecule has 1 aromatic carbocycles. The molecule has 1 N–H and O–H groups in total. The second kappa shape index (κ2) is 6.59. The Kier molecular flexibility index (Phi) is 4.51. The van der Waals surface area contributed by atoms with E-state index in [9.17, 15) is 9.18 Å². The molecule has 0 spiro atoms. The quantitative estimate of drug-likeness (QED) is 0.910. The second-order valence-corrected chi connectivity index (χ2v) is 7.05. The van der Waals surface area contributed by atoms with E-state index in [1.165, 1.54) is 18.3 Å². The number of ether oxygens (including phenoxy) is 1. The number of halogens is 1. The van der Waals surface area contributed by atoms with E-state index in [1.807, 2.05) is 0 Å². The predicted molar refractivity (Wildman–Crippen MR) is 89.2 cm³/mol. The highest BCUT2D eigenvalue weighted by Crippen LogP contribution is 2.39. The van der Waals surface area contributed by atoms with Gasteiger partial charge in [0.15, 0.2) is 0 Å². The summed E-state index contributed by atoms with van der Waals surface area (Å²) in [5.74, 6) is -0.00415. The average Bonchev–Trinajstić information content (AvgIpc) is 2.52. The van der Waals surface area contributed by atoms with Crippen LogP contribution in [0.25, 0.3) is 0 Å². The van der Waals surface area contributed by atoms with Gasteiger partial charge in [-0.25, -0.2) is 9.37 Å². The van der Waals surface area contributed by atoms with Gasteiger partial charge in [-0.15, -0.1) is 0 Å². The molecule has 126 valence electrons. The molecular weight excluding hydrogens is 307 g/mol. The molecule has 1 fully saturated rings. The summed E-state index contributed by atoms with van der Waals surface area (Å²) in [6, 6.07) is 9.81. The third-order valence-electron chi connectivity index (χ3n) is 4.21. The van der Waals surface area contributed by atoms with E-state index in [4.69, 9.17) is 4.74 Å². The van der Waals surface area contributed by atoms with Crippen molar-refractivity contribution in [2.24, 2.45) is 5.41 Å². The van der Waals surface area contributed by atoms with E-state index in [0.29, 0.717) is 16.9 Å². The normalized spacial score (nSPS) is 16.3. The van der Waals surface area contributed by atoms with Crippen molar-refractivity contribution >= 4 is 5.91 Å². The minimum absolute atomic E-state index is 0.111. The van der Waals surface area contributed by atoms with E-state index in [1.54, 1.807) is 24.3 Å². The van der Waals surface area contributed by atoms with Crippen molar-refractivity contribution in [3.05, 3.63) is 59.5 Å². The lowest BCUT2D eigenvalue weighted by molar-refractivity contribution is 0.0802. The first-order valence-corrected chi connectivity index (χ1v) is 8.05. The maximum Gasteiger partial charge on any atom is 0.253 e. The molecule has 1 aliphatic carbocycles. The molecular formula is C19H21FN2O2. The fourth-order valence-corrected chi connectivity index (χ4v) is 3.03. The first kappa shape index (κ1) is 16.4. The fraction of sp³-hybridized carbons (Fsp3) is 0.368. The summed E-state index contributed by atoms with van der Waals surface area (Å²) in [5, 5.41) is 3.01. The summed E-state index contributed by atoms with van der Waals surface area (Å²) in [6.45, 7) is 4.62. The van der Waals surface area contributed by atoms with Gasteiger partial charge in [-0.2, -0.15) is 0 Å². The monoisotopic (exact) mass is 328 g/mol. The van der Waals surface area contributed by atoms with Crippen molar-refractivity contribution in [3.63, 3.8) is 0 Å². The van der Waals surface area contributed by atoms with Gasteiger partial charge in [-0.1, -0.05) is 26.0 Å². The number of carbonyl (C=O) groups is 1. The Morgan fingerprint density at radius 3 is 2.75 bits per heavy atom. The summed E-state index contributed by atoms with van der Waals surface area (Å²) < 4.78 is 18.6. The van der Waals surface area contributed by atoms with Gasteiger partial charge in [0.2, 0.25) is 5.88 Å². The molecule has 0 aliphatic heterocycles. The zero-order valence-electron chi connectivity index (χ0n) is 13.9. The van der Waals surface area contributed by atoms with Gasteiger partial charge in [0, 0.05) is 18.3 Å². The molecule has 1 amide bonds. The zero-order valence-corrected chi connectivity index (χ0v) is 13.9. The van der Waals surface area contributed by atoms with Gasteiger partial charge in [-0.05, 0) is 42.0 Å². The fourth-order valence-electron chi connectivity index (χ4n) is 3.03. The molecule has 1 aliphatic rings. The predicted octanol–water partition coefficient (Wildman–Crippen LogP) is 3.72. The van der Waals surface area contributed by atoms with Crippen LogP contribution in [-0.4, -0.2) is 16.9 Å². The number of rotatable bonds is 5. The van der Waals surface area contributed by atoms with Crippen LogP contribution in [0.2, 0.25) is 0 Å². The molecule has 2 aromatic rings. The Labute approximate surface area is 141 Å². The number of amides is 1. The zero-order chi connectivity index (χ0) is 17.2. The SMILES string of the molecule is CC1(C)CC(NC(=O)c2ccc(OCc3cccc(F)c3)nc2)C1. The van der Waals surface area contributed by atoms with Crippen LogP contribution < -0.4 is 10.1 Å². The van der Waals surface area contributed by atoms with Crippen LogP contribution in [0.5, 0.6) is 5.88 Å². The Morgan fingerprint density at radius 1 is 1.33 bits per heavy atom. The van der Waals surface area contributed by atoms with Crippen molar-refractivity contribution in [2.75, 3.05) is 0 Å². The number of benzene rings is 1. The van der Waals surface area contributed by atoms with Gasteiger partial charge >= 0.3 is 0 Å². The minimum atomic E-state index is -0.296. The highest BCUT2D eigenvalue weighted by atomic mass is 19.1. The van der Waals surface area contributed by atoms with E-state index in [-0.39, 0.29) is 24.4 Å². The molecule has 3 rings (SSSR count). The molecule has 24 heavy (non-hydrogen) atoms. The van der Waals surface area contributed by atoms with Crippen LogP contribution >= 0.6 is 0 Å². The topological polar surface area (TPSA) is 51.2 Å². The Bertz CT molecular complexity index is 720. The summed E-state index contributed by atoms with van der Waals surface area (Å²) in [5.41, 5.74) is 1.56. The standard InChI is InChI=1S/C19H21FN2O2/c1-19(2)9-16(10-19)22-18(23)14-6-7-17(21-11-14)24-12-13-4-3-5-15(20)8-13/h3-8,11,16H,9-10,12H2,1-2H3,(H,22,23). The van der Waals surface area contributed by atoms with Gasteiger partial charge in [0.1, 0.15) is 12.4 Å². The molecule has 0 atom stereocenters. The first-order valence-electron chi connectivity index (χ1n) is 8.05. The van der Waals surface area contributed by atoms with Crippen LogP contribution in [0.15, 0.2) is 42.6 Å². The summed E-state index contributed by atoms with van der Waals surface area (Å²) >= 11 is 0. The summed E-state index contributed by atoms with van der Waals surface area (Å²) in [4.78, 5) is 16.3. The lowest BCUT2D eigenvalue weighted by Gasteiger charge is -2.42. The highest BCUT2D eigenvalue weighted by molar-refractivity contribution is 5.94. The van der Waals surface area contributed by atoms with Crippen molar-refractivity contribution in [1.29, 1.82) is 0 Å². The largest absolute Gasteiger partial charge is 0.473 e. The number of nitrogens with one attached hydrogen (secondary N) is 1. The van der Waals surface area contributed by atoms with E-state index in [2.05, 4.69) is 24.1 Å². The van der Waals surface area contributed by atoms with E-state index in [0.717, 1.165) is 18.4 Å². The molecule has 1 heterocycles. The Morgan fingerprint density at radius 2 is 2.12 bits per heavy atom. The summed E-state index contributed by atoms with van der Waals surface area (Å²) in [7, 11) is 0. The van der Waals surface area contributed by atoms with Gasteiger partial charge in [0.25, 0.3) is 5.91 Å². The molecule has 1 saturated carbocycles. The lowest BCUT2D eigenvalue weighted by Crippen LogP contribution is -2.48. The average molecular weight is 328 g/mol.